The Morgan fingerprint density at radius 1 is 1.28 bits per heavy atom. The van der Waals surface area contributed by atoms with Gasteiger partial charge in [-0.05, 0) is 30.3 Å². The van der Waals surface area contributed by atoms with E-state index in [0.29, 0.717) is 40.9 Å². The average molecular weight is 360 g/mol. The highest BCUT2D eigenvalue weighted by Gasteiger charge is 2.08. The lowest BCUT2D eigenvalue weighted by atomic mass is 10.2. The molecule has 3 aromatic rings. The topological polar surface area (TPSA) is 76.4 Å². The molecule has 0 aliphatic rings. The summed E-state index contributed by atoms with van der Waals surface area (Å²) in [7, 11) is 1.59. The van der Waals surface area contributed by atoms with Gasteiger partial charge in [0, 0.05) is 36.7 Å². The second kappa shape index (κ2) is 7.44. The highest BCUT2D eigenvalue weighted by Crippen LogP contribution is 2.27. The van der Waals surface area contributed by atoms with E-state index in [4.69, 9.17) is 20.8 Å². The number of aryl methyl sites for hydroxylation is 1. The van der Waals surface area contributed by atoms with Crippen molar-refractivity contribution in [1.29, 1.82) is 0 Å². The Hall–Kier alpha value is -2.73. The molecule has 6 nitrogen and oxygen atoms in total. The molecular weight excluding hydrogens is 342 g/mol. The number of halogens is 1. The third kappa shape index (κ3) is 4.22. The molecule has 1 aromatic heterocycles. The molecular formula is C18H18ClN3O3. The lowest BCUT2D eigenvalue weighted by molar-refractivity contribution is -0.115. The number of carbonyl (C=O) groups is 1. The summed E-state index contributed by atoms with van der Waals surface area (Å²) in [5.41, 5.74) is 2.85. The molecule has 0 atom stereocenters. The number of nitrogens with zero attached hydrogens (tertiary/aromatic N) is 1. The van der Waals surface area contributed by atoms with Gasteiger partial charge in [0.15, 0.2) is 11.5 Å². The standard InChI is InChI=1S/C18H18ClN3O3/c1-11-21-14-5-4-13(10-17(14)25-11)22-18(23)7-8-20-15-9-12(19)3-6-16(15)24-2/h3-6,9-10,20H,7-8H2,1-2H3,(H,22,23). The lowest BCUT2D eigenvalue weighted by Gasteiger charge is -2.11. The first-order chi connectivity index (χ1) is 12.0. The number of oxazole rings is 1. The predicted molar refractivity (Wildman–Crippen MR) is 98.5 cm³/mol. The molecule has 2 N–H and O–H groups in total. The van der Waals surface area contributed by atoms with E-state index in [9.17, 15) is 4.79 Å². The van der Waals surface area contributed by atoms with Gasteiger partial charge in [-0.2, -0.15) is 0 Å². The Bertz CT molecular complexity index is 908. The Morgan fingerprint density at radius 3 is 2.92 bits per heavy atom. The molecule has 0 unspecified atom stereocenters. The number of methoxy groups -OCH3 is 1. The summed E-state index contributed by atoms with van der Waals surface area (Å²) in [5, 5.41) is 6.60. The average Bonchev–Trinajstić information content (AvgIpc) is 2.94. The van der Waals surface area contributed by atoms with Crippen LogP contribution in [0.4, 0.5) is 11.4 Å². The number of ether oxygens (including phenoxy) is 1. The summed E-state index contributed by atoms with van der Waals surface area (Å²) in [6, 6.07) is 10.7. The molecule has 0 fully saturated rings. The van der Waals surface area contributed by atoms with E-state index in [1.54, 1.807) is 44.4 Å². The van der Waals surface area contributed by atoms with Crippen LogP contribution in [0, 0.1) is 6.92 Å². The third-order valence-electron chi connectivity index (χ3n) is 3.61. The fourth-order valence-corrected chi connectivity index (χ4v) is 2.64. The normalized spacial score (nSPS) is 10.7. The second-order valence-electron chi connectivity index (χ2n) is 5.48. The van der Waals surface area contributed by atoms with Crippen molar-refractivity contribution < 1.29 is 13.9 Å². The third-order valence-corrected chi connectivity index (χ3v) is 3.84. The van der Waals surface area contributed by atoms with Gasteiger partial charge in [-0.3, -0.25) is 4.79 Å². The zero-order valence-electron chi connectivity index (χ0n) is 13.9. The first-order valence-corrected chi connectivity index (χ1v) is 8.17. The van der Waals surface area contributed by atoms with Crippen molar-refractivity contribution in [1.82, 2.24) is 4.98 Å². The Labute approximate surface area is 150 Å². The number of rotatable bonds is 6. The van der Waals surface area contributed by atoms with Crippen LogP contribution < -0.4 is 15.4 Å². The summed E-state index contributed by atoms with van der Waals surface area (Å²) in [6.07, 6.45) is 0.295. The van der Waals surface area contributed by atoms with Crippen LogP contribution in [-0.4, -0.2) is 24.5 Å². The molecule has 0 saturated carbocycles. The molecule has 0 bridgehead atoms. The van der Waals surface area contributed by atoms with Gasteiger partial charge in [-0.15, -0.1) is 0 Å². The molecule has 0 radical (unpaired) electrons. The van der Waals surface area contributed by atoms with Gasteiger partial charge < -0.3 is 19.8 Å². The van der Waals surface area contributed by atoms with Crippen molar-refractivity contribution >= 4 is 40.0 Å². The van der Waals surface area contributed by atoms with Crippen LogP contribution in [0.25, 0.3) is 11.1 Å². The van der Waals surface area contributed by atoms with Crippen molar-refractivity contribution in [2.45, 2.75) is 13.3 Å². The van der Waals surface area contributed by atoms with Crippen molar-refractivity contribution in [2.75, 3.05) is 24.3 Å². The molecule has 0 aliphatic heterocycles. The zero-order valence-corrected chi connectivity index (χ0v) is 14.7. The van der Waals surface area contributed by atoms with E-state index in [-0.39, 0.29) is 5.91 Å². The van der Waals surface area contributed by atoms with Gasteiger partial charge in [0.25, 0.3) is 0 Å². The van der Waals surface area contributed by atoms with E-state index >= 15 is 0 Å². The highest BCUT2D eigenvalue weighted by atomic mass is 35.5. The monoisotopic (exact) mass is 359 g/mol. The van der Waals surface area contributed by atoms with Gasteiger partial charge in [0.05, 0.1) is 12.8 Å². The Kier molecular flexibility index (Phi) is 5.09. The highest BCUT2D eigenvalue weighted by molar-refractivity contribution is 6.30. The largest absolute Gasteiger partial charge is 0.495 e. The summed E-state index contributed by atoms with van der Waals surface area (Å²) >= 11 is 5.98. The minimum atomic E-state index is -0.107. The first-order valence-electron chi connectivity index (χ1n) is 7.79. The van der Waals surface area contributed by atoms with Gasteiger partial charge >= 0.3 is 0 Å². The number of benzene rings is 2. The quantitative estimate of drug-likeness (QED) is 0.688. The SMILES string of the molecule is COc1ccc(Cl)cc1NCCC(=O)Nc1ccc2nc(C)oc2c1. The van der Waals surface area contributed by atoms with Gasteiger partial charge in [-0.25, -0.2) is 4.98 Å². The lowest BCUT2D eigenvalue weighted by Crippen LogP contribution is -2.16. The minimum absolute atomic E-state index is 0.107. The van der Waals surface area contributed by atoms with Crippen LogP contribution in [-0.2, 0) is 4.79 Å². The summed E-state index contributed by atoms with van der Waals surface area (Å²) in [6.45, 7) is 2.24. The van der Waals surface area contributed by atoms with E-state index in [0.717, 1.165) is 11.2 Å². The Balaban J connectivity index is 1.56. The number of anilines is 2. The number of amides is 1. The van der Waals surface area contributed by atoms with Crippen LogP contribution in [0.2, 0.25) is 5.02 Å². The van der Waals surface area contributed by atoms with Crippen LogP contribution in [0.5, 0.6) is 5.75 Å². The summed E-state index contributed by atoms with van der Waals surface area (Å²) in [4.78, 5) is 16.3. The second-order valence-corrected chi connectivity index (χ2v) is 5.92. The predicted octanol–water partition coefficient (Wildman–Crippen LogP) is 4.24. The smallest absolute Gasteiger partial charge is 0.226 e. The maximum Gasteiger partial charge on any atom is 0.226 e. The summed E-state index contributed by atoms with van der Waals surface area (Å²) < 4.78 is 10.7. The number of hydrogen-bond acceptors (Lipinski definition) is 5. The van der Waals surface area contributed by atoms with Crippen LogP contribution in [0.1, 0.15) is 12.3 Å². The number of fused-ring (bicyclic) bond motifs is 1. The maximum absolute atomic E-state index is 12.1. The van der Waals surface area contributed by atoms with Crippen molar-refractivity contribution in [2.24, 2.45) is 0 Å². The van der Waals surface area contributed by atoms with Crippen LogP contribution >= 0.6 is 11.6 Å². The zero-order chi connectivity index (χ0) is 17.8. The number of hydrogen-bond donors (Lipinski definition) is 2. The van der Waals surface area contributed by atoms with Gasteiger partial charge in [-0.1, -0.05) is 11.6 Å². The van der Waals surface area contributed by atoms with E-state index in [1.807, 2.05) is 6.07 Å². The fraction of sp³-hybridized carbons (Fsp3) is 0.222. The van der Waals surface area contributed by atoms with Crippen LogP contribution in [0.3, 0.4) is 0 Å². The van der Waals surface area contributed by atoms with Crippen molar-refractivity contribution in [3.8, 4) is 5.75 Å². The van der Waals surface area contributed by atoms with Crippen molar-refractivity contribution in [3.63, 3.8) is 0 Å². The number of nitrogens with one attached hydrogen (secondary N) is 2. The first kappa shape index (κ1) is 17.1. The van der Waals surface area contributed by atoms with Crippen LogP contribution in [0.15, 0.2) is 40.8 Å². The molecule has 3 rings (SSSR count). The molecule has 0 saturated heterocycles. The molecule has 1 amide bonds. The van der Waals surface area contributed by atoms with Gasteiger partial charge in [0.2, 0.25) is 5.91 Å². The molecule has 1 heterocycles. The maximum atomic E-state index is 12.1. The van der Waals surface area contributed by atoms with E-state index in [1.165, 1.54) is 0 Å². The van der Waals surface area contributed by atoms with Gasteiger partial charge in [0.1, 0.15) is 11.3 Å². The fourth-order valence-electron chi connectivity index (χ4n) is 2.47. The number of aromatic nitrogens is 1. The molecule has 25 heavy (non-hydrogen) atoms. The molecule has 130 valence electrons. The Morgan fingerprint density at radius 2 is 2.12 bits per heavy atom. The number of carbonyl (C=O) groups excluding carboxylic acids is 1. The summed E-state index contributed by atoms with van der Waals surface area (Å²) in [5.74, 6) is 1.16. The van der Waals surface area contributed by atoms with E-state index in [2.05, 4.69) is 15.6 Å². The molecule has 7 heteroatoms. The molecule has 2 aromatic carbocycles. The van der Waals surface area contributed by atoms with Crippen molar-refractivity contribution in [3.05, 3.63) is 47.3 Å². The minimum Gasteiger partial charge on any atom is -0.495 e. The molecule has 0 aliphatic carbocycles. The van der Waals surface area contributed by atoms with E-state index < -0.39 is 0 Å². The molecule has 0 spiro atoms.